The standard InChI is InChI=1S/C9H13N3.ClH/c1-6(2)8-7(9(10)11)4-3-5-12-8;/h3-6H,1-2H3,(H3,10,11);1H. The second kappa shape index (κ2) is 4.82. The molecule has 72 valence electrons. The first kappa shape index (κ1) is 11.9. The molecule has 0 aliphatic carbocycles. The monoisotopic (exact) mass is 199 g/mol. The predicted octanol–water partition coefficient (Wildman–Crippen LogP) is 1.91. The van der Waals surface area contributed by atoms with Gasteiger partial charge in [-0.25, -0.2) is 0 Å². The van der Waals surface area contributed by atoms with E-state index in [-0.39, 0.29) is 18.2 Å². The maximum absolute atomic E-state index is 7.31. The molecule has 0 aliphatic rings. The molecule has 0 radical (unpaired) electrons. The first-order valence-electron chi connectivity index (χ1n) is 3.92. The summed E-state index contributed by atoms with van der Waals surface area (Å²) >= 11 is 0. The van der Waals surface area contributed by atoms with Crippen molar-refractivity contribution in [2.24, 2.45) is 5.73 Å². The molecule has 1 rings (SSSR count). The molecule has 13 heavy (non-hydrogen) atoms. The Morgan fingerprint density at radius 3 is 2.54 bits per heavy atom. The summed E-state index contributed by atoms with van der Waals surface area (Å²) in [6.45, 7) is 4.07. The number of hydrogen-bond donors (Lipinski definition) is 2. The molecule has 0 unspecified atom stereocenters. The number of nitrogens with one attached hydrogen (secondary N) is 1. The van der Waals surface area contributed by atoms with Crippen LogP contribution >= 0.6 is 12.4 Å². The number of hydrogen-bond acceptors (Lipinski definition) is 2. The summed E-state index contributed by atoms with van der Waals surface area (Å²) in [4.78, 5) is 4.18. The molecule has 1 aromatic heterocycles. The van der Waals surface area contributed by atoms with Crippen LogP contribution in [0, 0.1) is 5.41 Å². The van der Waals surface area contributed by atoms with Crippen LogP contribution in [-0.2, 0) is 0 Å². The van der Waals surface area contributed by atoms with E-state index < -0.39 is 0 Å². The van der Waals surface area contributed by atoms with E-state index in [1.165, 1.54) is 0 Å². The van der Waals surface area contributed by atoms with Crippen molar-refractivity contribution >= 4 is 18.2 Å². The van der Waals surface area contributed by atoms with Crippen molar-refractivity contribution in [3.8, 4) is 0 Å². The van der Waals surface area contributed by atoms with Crippen LogP contribution in [0.1, 0.15) is 31.0 Å². The average Bonchev–Trinajstić information content (AvgIpc) is 2.04. The third-order valence-electron chi connectivity index (χ3n) is 1.68. The van der Waals surface area contributed by atoms with Gasteiger partial charge in [0, 0.05) is 11.8 Å². The fourth-order valence-electron chi connectivity index (χ4n) is 1.11. The zero-order valence-corrected chi connectivity index (χ0v) is 8.56. The molecule has 0 saturated carbocycles. The van der Waals surface area contributed by atoms with E-state index >= 15 is 0 Å². The zero-order chi connectivity index (χ0) is 9.14. The van der Waals surface area contributed by atoms with E-state index in [1.807, 2.05) is 19.9 Å². The molecule has 4 heteroatoms. The van der Waals surface area contributed by atoms with Gasteiger partial charge in [0.25, 0.3) is 0 Å². The molecular formula is C9H14ClN3. The molecule has 0 saturated heterocycles. The van der Waals surface area contributed by atoms with Gasteiger partial charge in [-0.15, -0.1) is 12.4 Å². The molecule has 3 nitrogen and oxygen atoms in total. The third kappa shape index (κ3) is 2.70. The van der Waals surface area contributed by atoms with E-state index in [1.54, 1.807) is 12.3 Å². The summed E-state index contributed by atoms with van der Waals surface area (Å²) in [6, 6.07) is 3.62. The highest BCUT2D eigenvalue weighted by atomic mass is 35.5. The highest BCUT2D eigenvalue weighted by Gasteiger charge is 2.08. The Labute approximate surface area is 84.3 Å². The van der Waals surface area contributed by atoms with Crippen molar-refractivity contribution < 1.29 is 0 Å². The predicted molar refractivity (Wildman–Crippen MR) is 56.6 cm³/mol. The van der Waals surface area contributed by atoms with Gasteiger partial charge < -0.3 is 5.73 Å². The van der Waals surface area contributed by atoms with Crippen LogP contribution < -0.4 is 5.73 Å². The van der Waals surface area contributed by atoms with E-state index in [0.717, 1.165) is 11.3 Å². The second-order valence-electron chi connectivity index (χ2n) is 3.00. The summed E-state index contributed by atoms with van der Waals surface area (Å²) in [5.41, 5.74) is 7.03. The minimum absolute atomic E-state index is 0. The van der Waals surface area contributed by atoms with Gasteiger partial charge in [0.2, 0.25) is 0 Å². The maximum atomic E-state index is 7.31. The molecule has 0 spiro atoms. The van der Waals surface area contributed by atoms with E-state index in [9.17, 15) is 0 Å². The molecule has 0 amide bonds. The molecule has 0 aromatic carbocycles. The lowest BCUT2D eigenvalue weighted by Gasteiger charge is -2.08. The van der Waals surface area contributed by atoms with Crippen molar-refractivity contribution in [3.63, 3.8) is 0 Å². The number of nitrogen functional groups attached to an aromatic ring is 1. The minimum Gasteiger partial charge on any atom is -0.384 e. The van der Waals surface area contributed by atoms with Gasteiger partial charge in [0.15, 0.2) is 0 Å². The quantitative estimate of drug-likeness (QED) is 0.565. The fraction of sp³-hybridized carbons (Fsp3) is 0.333. The Morgan fingerprint density at radius 2 is 2.15 bits per heavy atom. The van der Waals surface area contributed by atoms with Crippen molar-refractivity contribution in [2.45, 2.75) is 19.8 Å². The van der Waals surface area contributed by atoms with Crippen molar-refractivity contribution in [2.75, 3.05) is 0 Å². The molecule has 0 aliphatic heterocycles. The molecule has 1 aromatic rings. The number of rotatable bonds is 2. The lowest BCUT2D eigenvalue weighted by atomic mass is 10.0. The number of aromatic nitrogens is 1. The van der Waals surface area contributed by atoms with Crippen LogP contribution in [-0.4, -0.2) is 10.8 Å². The minimum atomic E-state index is 0. The lowest BCUT2D eigenvalue weighted by Crippen LogP contribution is -2.15. The van der Waals surface area contributed by atoms with Crippen molar-refractivity contribution in [1.29, 1.82) is 5.41 Å². The van der Waals surface area contributed by atoms with Crippen LogP contribution in [0.4, 0.5) is 0 Å². The van der Waals surface area contributed by atoms with E-state index in [0.29, 0.717) is 5.92 Å². The topological polar surface area (TPSA) is 62.8 Å². The molecule has 0 atom stereocenters. The highest BCUT2D eigenvalue weighted by molar-refractivity contribution is 5.96. The molecular weight excluding hydrogens is 186 g/mol. The van der Waals surface area contributed by atoms with Gasteiger partial charge in [-0.3, -0.25) is 10.4 Å². The number of nitrogens with two attached hydrogens (primary N) is 1. The first-order chi connectivity index (χ1) is 5.63. The van der Waals surface area contributed by atoms with Crippen LogP contribution in [0.25, 0.3) is 0 Å². The second-order valence-corrected chi connectivity index (χ2v) is 3.00. The number of halogens is 1. The average molecular weight is 200 g/mol. The number of pyridine rings is 1. The number of amidine groups is 1. The Morgan fingerprint density at radius 1 is 1.54 bits per heavy atom. The summed E-state index contributed by atoms with van der Waals surface area (Å²) in [5.74, 6) is 0.400. The molecule has 1 heterocycles. The lowest BCUT2D eigenvalue weighted by molar-refractivity contribution is 0.819. The molecule has 3 N–H and O–H groups in total. The van der Waals surface area contributed by atoms with Gasteiger partial charge >= 0.3 is 0 Å². The Bertz CT molecular complexity index is 297. The van der Waals surface area contributed by atoms with E-state index in [4.69, 9.17) is 11.1 Å². The fourth-order valence-corrected chi connectivity index (χ4v) is 1.11. The van der Waals surface area contributed by atoms with Crippen LogP contribution in [0.15, 0.2) is 18.3 Å². The van der Waals surface area contributed by atoms with Gasteiger partial charge in [-0.05, 0) is 18.1 Å². The van der Waals surface area contributed by atoms with Crippen molar-refractivity contribution in [1.82, 2.24) is 4.98 Å². The van der Waals surface area contributed by atoms with Crippen LogP contribution in [0.5, 0.6) is 0 Å². The van der Waals surface area contributed by atoms with Gasteiger partial charge in [-0.1, -0.05) is 13.8 Å². The SMILES string of the molecule is CC(C)c1ncccc1C(=N)N.Cl. The highest BCUT2D eigenvalue weighted by Crippen LogP contribution is 2.15. The summed E-state index contributed by atoms with van der Waals surface area (Å²) in [7, 11) is 0. The van der Waals surface area contributed by atoms with Crippen LogP contribution in [0.3, 0.4) is 0 Å². The first-order valence-corrected chi connectivity index (χ1v) is 3.92. The number of nitrogens with zero attached hydrogens (tertiary/aromatic N) is 1. The maximum Gasteiger partial charge on any atom is 0.124 e. The van der Waals surface area contributed by atoms with Gasteiger partial charge in [0.05, 0.1) is 5.69 Å². The normalized spacial score (nSPS) is 9.46. The van der Waals surface area contributed by atoms with Crippen molar-refractivity contribution in [3.05, 3.63) is 29.6 Å². The third-order valence-corrected chi connectivity index (χ3v) is 1.68. The van der Waals surface area contributed by atoms with Gasteiger partial charge in [-0.2, -0.15) is 0 Å². The smallest absolute Gasteiger partial charge is 0.124 e. The van der Waals surface area contributed by atoms with E-state index in [2.05, 4.69) is 4.98 Å². The summed E-state index contributed by atoms with van der Waals surface area (Å²) in [5, 5.41) is 7.31. The summed E-state index contributed by atoms with van der Waals surface area (Å²) in [6.07, 6.45) is 1.72. The largest absolute Gasteiger partial charge is 0.384 e. The zero-order valence-electron chi connectivity index (χ0n) is 7.74. The Kier molecular flexibility index (Phi) is 4.42. The molecule has 0 fully saturated rings. The molecule has 0 bridgehead atoms. The Balaban J connectivity index is 0.00000144. The summed E-state index contributed by atoms with van der Waals surface area (Å²) < 4.78 is 0. The van der Waals surface area contributed by atoms with Gasteiger partial charge in [0.1, 0.15) is 5.84 Å². The van der Waals surface area contributed by atoms with Crippen LogP contribution in [0.2, 0.25) is 0 Å². The Hall–Kier alpha value is -1.09.